The Morgan fingerprint density at radius 3 is 2.57 bits per heavy atom. The molecule has 1 unspecified atom stereocenters. The number of aromatic nitrogens is 2. The molecule has 0 bridgehead atoms. The van der Waals surface area contributed by atoms with Crippen LogP contribution in [0.25, 0.3) is 0 Å². The number of nitrogens with one attached hydrogen (secondary N) is 2. The van der Waals surface area contributed by atoms with Gasteiger partial charge in [0.05, 0.1) is 55.6 Å². The minimum absolute atomic E-state index is 0.0177. The summed E-state index contributed by atoms with van der Waals surface area (Å²) in [6.07, 6.45) is 7.15. The number of aryl methyl sites for hydroxylation is 2. The number of nitrogens with zero attached hydrogens (tertiary/aromatic N) is 5. The fraction of sp³-hybridized carbons (Fsp3) is 0.455. The third-order valence-electron chi connectivity index (χ3n) is 8.69. The Bertz CT molecular complexity index is 1670. The van der Waals surface area contributed by atoms with Crippen LogP contribution >= 0.6 is 0 Å². The molecule has 5 heterocycles. The number of anilines is 2. The molecule has 47 heavy (non-hydrogen) atoms. The molecule has 3 aromatic rings. The minimum Gasteiger partial charge on any atom is -0.493 e. The summed E-state index contributed by atoms with van der Waals surface area (Å²) in [5, 5.41) is 16.5. The van der Waals surface area contributed by atoms with Gasteiger partial charge in [-0.25, -0.2) is 0 Å². The summed E-state index contributed by atoms with van der Waals surface area (Å²) >= 11 is 0. The highest BCUT2D eigenvalue weighted by atomic mass is 16.5. The maximum atomic E-state index is 13.1. The molecule has 3 aliphatic heterocycles. The number of fused-ring (bicyclic) bond motifs is 2. The number of carbonyl (C=O) groups excluding carboxylic acids is 3. The molecular weight excluding hydrogens is 606 g/mol. The quantitative estimate of drug-likeness (QED) is 0.212. The standard InChI is InChI=1S/C33H41N7O7/c1-37-19-21(14-26(37)31(42)36-22-15-27(38(2)20-22)33(44)39-9-12-46-13-10-39)35-30(41)7-5-11-47-29-17-25-24(16-28(29)45-3)32(43)40-8-4-6-23(40)18-34-25/h14-20,23,30,35,41H,4-13H2,1-3H3,(H,36,42)/t23-,30?/m0/s1. The van der Waals surface area contributed by atoms with Crippen molar-refractivity contribution < 1.29 is 33.7 Å². The maximum absolute atomic E-state index is 13.1. The van der Waals surface area contributed by atoms with E-state index in [9.17, 15) is 19.5 Å². The molecule has 0 radical (unpaired) electrons. The number of ether oxygens (including phenoxy) is 3. The topological polar surface area (TPSA) is 152 Å². The number of benzene rings is 1. The molecule has 0 aliphatic carbocycles. The lowest BCUT2D eigenvalue weighted by molar-refractivity contribution is 0.0296. The number of aliphatic hydroxyl groups excluding tert-OH is 1. The molecule has 0 saturated carbocycles. The molecule has 0 spiro atoms. The first-order valence-electron chi connectivity index (χ1n) is 15.9. The van der Waals surface area contributed by atoms with E-state index in [2.05, 4.69) is 15.6 Å². The van der Waals surface area contributed by atoms with Crippen molar-refractivity contribution in [2.45, 2.75) is 38.0 Å². The average Bonchev–Trinajstić information content (AvgIpc) is 3.77. The van der Waals surface area contributed by atoms with E-state index in [0.29, 0.717) is 91.3 Å². The van der Waals surface area contributed by atoms with Crippen LogP contribution < -0.4 is 20.1 Å². The van der Waals surface area contributed by atoms with Crippen molar-refractivity contribution in [1.82, 2.24) is 18.9 Å². The number of methoxy groups -OCH3 is 1. The van der Waals surface area contributed by atoms with Gasteiger partial charge >= 0.3 is 0 Å². The van der Waals surface area contributed by atoms with Crippen LogP contribution in [0.3, 0.4) is 0 Å². The lowest BCUT2D eigenvalue weighted by Gasteiger charge is -2.26. The molecular formula is C33H41N7O7. The zero-order valence-electron chi connectivity index (χ0n) is 26.9. The monoisotopic (exact) mass is 647 g/mol. The number of rotatable bonds is 11. The Labute approximate surface area is 272 Å². The van der Waals surface area contributed by atoms with E-state index in [0.717, 1.165) is 19.4 Å². The van der Waals surface area contributed by atoms with Crippen LogP contribution in [0, 0.1) is 0 Å². The number of morpholine rings is 1. The lowest BCUT2D eigenvalue weighted by atomic mass is 10.1. The number of amides is 3. The molecule has 2 aromatic heterocycles. The van der Waals surface area contributed by atoms with Gasteiger partial charge in [0.15, 0.2) is 11.5 Å². The van der Waals surface area contributed by atoms with Crippen LogP contribution in [0.1, 0.15) is 57.0 Å². The first-order chi connectivity index (χ1) is 22.7. The van der Waals surface area contributed by atoms with Gasteiger partial charge in [0.2, 0.25) is 0 Å². The number of hydrogen-bond donors (Lipinski definition) is 3. The van der Waals surface area contributed by atoms with Crippen LogP contribution in [-0.4, -0.2) is 107 Å². The van der Waals surface area contributed by atoms with E-state index in [1.165, 1.54) is 7.11 Å². The number of hydrogen-bond acceptors (Lipinski definition) is 9. The van der Waals surface area contributed by atoms with E-state index >= 15 is 0 Å². The summed E-state index contributed by atoms with van der Waals surface area (Å²) < 4.78 is 20.2. The molecule has 250 valence electrons. The highest BCUT2D eigenvalue weighted by molar-refractivity contribution is 6.05. The van der Waals surface area contributed by atoms with Crippen LogP contribution in [0.2, 0.25) is 0 Å². The molecule has 2 saturated heterocycles. The normalized spacial score (nSPS) is 18.0. The third kappa shape index (κ3) is 6.98. The second kappa shape index (κ2) is 13.9. The fourth-order valence-corrected chi connectivity index (χ4v) is 6.18. The first kappa shape index (κ1) is 32.1. The highest BCUT2D eigenvalue weighted by Crippen LogP contribution is 2.38. The second-order valence-electron chi connectivity index (χ2n) is 12.0. The molecule has 2 atom stereocenters. The van der Waals surface area contributed by atoms with Crippen molar-refractivity contribution in [2.75, 3.05) is 57.2 Å². The minimum atomic E-state index is -0.885. The van der Waals surface area contributed by atoms with E-state index in [4.69, 9.17) is 14.2 Å². The summed E-state index contributed by atoms with van der Waals surface area (Å²) in [4.78, 5) is 47.3. The van der Waals surface area contributed by atoms with Gasteiger partial charge in [-0.15, -0.1) is 0 Å². The predicted molar refractivity (Wildman–Crippen MR) is 175 cm³/mol. The van der Waals surface area contributed by atoms with Crippen LogP contribution in [-0.2, 0) is 18.8 Å². The first-order valence-corrected chi connectivity index (χ1v) is 15.9. The van der Waals surface area contributed by atoms with E-state index in [1.54, 1.807) is 64.8 Å². The summed E-state index contributed by atoms with van der Waals surface area (Å²) in [6.45, 7) is 3.11. The van der Waals surface area contributed by atoms with E-state index < -0.39 is 6.23 Å². The Morgan fingerprint density at radius 1 is 1.04 bits per heavy atom. The van der Waals surface area contributed by atoms with Crippen molar-refractivity contribution in [3.63, 3.8) is 0 Å². The van der Waals surface area contributed by atoms with Gasteiger partial charge in [-0.05, 0) is 43.9 Å². The Hall–Kier alpha value is -4.82. The van der Waals surface area contributed by atoms with Gasteiger partial charge in [-0.2, -0.15) is 0 Å². The molecule has 14 nitrogen and oxygen atoms in total. The number of aliphatic imine (C=N–C) groups is 1. The highest BCUT2D eigenvalue weighted by Gasteiger charge is 2.32. The van der Waals surface area contributed by atoms with Gasteiger partial charge in [0, 0.05) is 58.4 Å². The van der Waals surface area contributed by atoms with Crippen molar-refractivity contribution >= 4 is 41.0 Å². The second-order valence-corrected chi connectivity index (χ2v) is 12.0. The Balaban J connectivity index is 1.00. The lowest BCUT2D eigenvalue weighted by Crippen LogP contribution is -2.41. The zero-order chi connectivity index (χ0) is 33.1. The summed E-state index contributed by atoms with van der Waals surface area (Å²) in [7, 11) is 5.04. The van der Waals surface area contributed by atoms with E-state index in [1.807, 2.05) is 11.1 Å². The van der Waals surface area contributed by atoms with Gasteiger partial charge in [-0.3, -0.25) is 19.4 Å². The van der Waals surface area contributed by atoms with Gasteiger partial charge < -0.3 is 48.9 Å². The molecule has 3 amide bonds. The van der Waals surface area contributed by atoms with Crippen LogP contribution in [0.4, 0.5) is 17.1 Å². The van der Waals surface area contributed by atoms with E-state index in [-0.39, 0.29) is 23.8 Å². The van der Waals surface area contributed by atoms with Crippen molar-refractivity contribution in [3.8, 4) is 11.5 Å². The largest absolute Gasteiger partial charge is 0.493 e. The predicted octanol–water partition coefficient (Wildman–Crippen LogP) is 3.01. The van der Waals surface area contributed by atoms with Crippen LogP contribution in [0.15, 0.2) is 41.7 Å². The smallest absolute Gasteiger partial charge is 0.272 e. The Morgan fingerprint density at radius 2 is 1.79 bits per heavy atom. The van der Waals surface area contributed by atoms with Crippen molar-refractivity contribution in [1.29, 1.82) is 0 Å². The summed E-state index contributed by atoms with van der Waals surface area (Å²) in [5.41, 5.74) is 3.00. The fourth-order valence-electron chi connectivity index (χ4n) is 6.18. The summed E-state index contributed by atoms with van der Waals surface area (Å²) in [6, 6.07) is 6.76. The molecule has 1 aromatic carbocycles. The van der Waals surface area contributed by atoms with Crippen molar-refractivity contribution in [3.05, 3.63) is 53.6 Å². The van der Waals surface area contributed by atoms with Gasteiger partial charge in [0.25, 0.3) is 17.7 Å². The van der Waals surface area contributed by atoms with Crippen LogP contribution in [0.5, 0.6) is 11.5 Å². The Kier molecular flexibility index (Phi) is 9.50. The summed E-state index contributed by atoms with van der Waals surface area (Å²) in [5.74, 6) is 0.431. The van der Waals surface area contributed by atoms with Gasteiger partial charge in [0.1, 0.15) is 17.6 Å². The maximum Gasteiger partial charge on any atom is 0.272 e. The third-order valence-corrected chi connectivity index (χ3v) is 8.69. The molecule has 3 aliphatic rings. The average molecular weight is 648 g/mol. The van der Waals surface area contributed by atoms with Gasteiger partial charge in [-0.1, -0.05) is 0 Å². The molecule has 6 rings (SSSR count). The molecule has 2 fully saturated rings. The number of carbonyl (C=O) groups is 3. The zero-order valence-corrected chi connectivity index (χ0v) is 26.9. The van der Waals surface area contributed by atoms with Crippen molar-refractivity contribution in [2.24, 2.45) is 19.1 Å². The molecule has 14 heteroatoms. The number of aliphatic hydroxyl groups is 1. The SMILES string of the molecule is COc1cc2c(cc1OCCCC(O)Nc1cc(C(=O)Nc3cc(C(=O)N4CCOCC4)n(C)c3)n(C)c1)N=C[C@@H]1CCCN1C2=O. The molecule has 3 N–H and O–H groups in total.